The molecule has 0 aliphatic carbocycles. The molecule has 0 radical (unpaired) electrons. The normalized spacial score (nSPS) is 16.9. The molecule has 1 saturated heterocycles. The van der Waals surface area contributed by atoms with E-state index in [-0.39, 0.29) is 69.4 Å². The van der Waals surface area contributed by atoms with E-state index in [1.807, 2.05) is 32.0 Å². The molecular weight excluding hydrogens is 1140 g/mol. The van der Waals surface area contributed by atoms with Gasteiger partial charge in [-0.15, -0.1) is 0 Å². The first-order valence-corrected chi connectivity index (χ1v) is 30.6. The van der Waals surface area contributed by atoms with Crippen LogP contribution in [0.5, 0.6) is 0 Å². The van der Waals surface area contributed by atoms with Gasteiger partial charge in [-0.2, -0.15) is 0 Å². The van der Waals surface area contributed by atoms with Crippen LogP contribution in [-0.4, -0.2) is 180 Å². The summed E-state index contributed by atoms with van der Waals surface area (Å²) in [6, 6.07) is 8.63. The highest BCUT2D eigenvalue weighted by Gasteiger charge is 2.44. The van der Waals surface area contributed by atoms with Crippen molar-refractivity contribution in [3.8, 4) is 0 Å². The van der Waals surface area contributed by atoms with Crippen molar-refractivity contribution in [2.45, 2.75) is 194 Å². The van der Waals surface area contributed by atoms with E-state index in [1.165, 1.54) is 26.2 Å². The Hall–Kier alpha value is -7.38. The summed E-state index contributed by atoms with van der Waals surface area (Å²) in [4.78, 5) is 137. The predicted octanol–water partition coefficient (Wildman–Crippen LogP) is 4.85. The third-order valence-electron chi connectivity index (χ3n) is 16.3. The number of rotatable bonds is 36. The number of amides is 10. The van der Waals surface area contributed by atoms with Gasteiger partial charge in [-0.25, -0.2) is 9.59 Å². The molecule has 10 amide bonds. The van der Waals surface area contributed by atoms with Gasteiger partial charge in [0.1, 0.15) is 30.8 Å². The van der Waals surface area contributed by atoms with Gasteiger partial charge in [0.25, 0.3) is 0 Å². The van der Waals surface area contributed by atoms with Crippen LogP contribution < -0.4 is 37.6 Å². The third kappa shape index (κ3) is 22.6. The first kappa shape index (κ1) is 74.9. The lowest BCUT2D eigenvalue weighted by Gasteiger charge is -2.41. The van der Waals surface area contributed by atoms with Crippen LogP contribution in [0.1, 0.15) is 144 Å². The Morgan fingerprint density at radius 1 is 0.727 bits per heavy atom. The van der Waals surface area contributed by atoms with Crippen LogP contribution in [-0.2, 0) is 59.2 Å². The number of nitrogens with two attached hydrogens (primary N) is 1. The average molecular weight is 1240 g/mol. The second-order valence-electron chi connectivity index (χ2n) is 24.0. The zero-order chi connectivity index (χ0) is 66.1. The number of carboxylic acid groups (broad SMARTS) is 1. The maximum absolute atomic E-state index is 14.8. The molecule has 88 heavy (non-hydrogen) atoms. The lowest BCUT2D eigenvalue weighted by molar-refractivity contribution is -0.148. The molecule has 25 nitrogen and oxygen atoms in total. The number of nitrogens with zero attached hydrogens (tertiary/aromatic N) is 3. The van der Waals surface area contributed by atoms with E-state index in [1.54, 1.807) is 109 Å². The first-order chi connectivity index (χ1) is 41.5. The molecule has 1 heterocycles. The minimum absolute atomic E-state index is 0.0713. The van der Waals surface area contributed by atoms with E-state index in [2.05, 4.69) is 31.9 Å². The first-order valence-electron chi connectivity index (χ1n) is 30.6. The molecule has 2 aromatic rings. The number of anilines is 1. The Kier molecular flexibility index (Phi) is 31.3. The Bertz CT molecular complexity index is 2610. The van der Waals surface area contributed by atoms with Gasteiger partial charge in [-0.05, 0) is 86.0 Å². The second-order valence-corrected chi connectivity index (χ2v) is 24.0. The molecule has 10 N–H and O–H groups in total. The van der Waals surface area contributed by atoms with Crippen molar-refractivity contribution >= 4 is 65.1 Å². The number of hydrogen-bond donors (Lipinski definition) is 9. The van der Waals surface area contributed by atoms with Crippen LogP contribution in [0.3, 0.4) is 0 Å². The highest BCUT2D eigenvalue weighted by atomic mass is 16.6. The van der Waals surface area contributed by atoms with Crippen molar-refractivity contribution in [2.24, 2.45) is 35.3 Å². The lowest BCUT2D eigenvalue weighted by Crippen LogP contribution is -2.60. The fourth-order valence-electron chi connectivity index (χ4n) is 11.1. The molecule has 1 fully saturated rings. The van der Waals surface area contributed by atoms with Crippen LogP contribution >= 0.6 is 0 Å². The van der Waals surface area contributed by atoms with E-state index in [0.29, 0.717) is 42.6 Å². The predicted molar refractivity (Wildman–Crippen MR) is 331 cm³/mol. The molecule has 0 bridgehead atoms. The molecule has 0 spiro atoms. The fourth-order valence-corrected chi connectivity index (χ4v) is 11.1. The van der Waals surface area contributed by atoms with Crippen molar-refractivity contribution in [3.63, 3.8) is 0 Å². The zero-order valence-corrected chi connectivity index (χ0v) is 54.0. The van der Waals surface area contributed by atoms with Gasteiger partial charge in [0.05, 0.1) is 48.8 Å². The summed E-state index contributed by atoms with van der Waals surface area (Å²) in [7, 11) is 6.07. The summed E-state index contributed by atoms with van der Waals surface area (Å²) in [6.07, 6.45) is -1.36. The van der Waals surface area contributed by atoms with Crippen LogP contribution in [0, 0.1) is 29.6 Å². The Balaban J connectivity index is 1.71. The Labute approximate surface area is 519 Å². The number of likely N-dealkylation sites (tertiary alicyclic amines) is 1. The number of carbonyl (C=O) groups is 10. The lowest BCUT2D eigenvalue weighted by atomic mass is 9.89. The van der Waals surface area contributed by atoms with Gasteiger partial charge in [-0.1, -0.05) is 111 Å². The van der Waals surface area contributed by atoms with Crippen LogP contribution in [0.4, 0.5) is 15.3 Å². The van der Waals surface area contributed by atoms with Gasteiger partial charge in [0.15, 0.2) is 0 Å². The molecule has 492 valence electrons. The Morgan fingerprint density at radius 3 is 1.92 bits per heavy atom. The molecule has 1 aliphatic rings. The highest BCUT2D eigenvalue weighted by molar-refractivity contribution is 5.98. The van der Waals surface area contributed by atoms with E-state index in [0.717, 1.165) is 0 Å². The molecule has 2 aromatic carbocycles. The molecule has 3 rings (SSSR count). The average Bonchev–Trinajstić information content (AvgIpc) is 4.06. The largest absolute Gasteiger partial charge is 0.481 e. The van der Waals surface area contributed by atoms with Crippen molar-refractivity contribution in [3.05, 3.63) is 65.7 Å². The zero-order valence-electron chi connectivity index (χ0n) is 54.0. The number of methoxy groups -OCH3 is 2. The maximum atomic E-state index is 14.8. The van der Waals surface area contributed by atoms with Crippen molar-refractivity contribution in [1.29, 1.82) is 0 Å². The molecule has 12 unspecified atom stereocenters. The van der Waals surface area contributed by atoms with E-state index in [4.69, 9.17) is 25.1 Å². The number of aliphatic hydroxyl groups excluding tert-OH is 1. The van der Waals surface area contributed by atoms with Crippen LogP contribution in [0.15, 0.2) is 54.6 Å². The molecule has 25 heteroatoms. The number of aliphatic carboxylic acids is 1. The number of nitrogens with one attached hydrogen (secondary N) is 6. The quantitative estimate of drug-likeness (QED) is 0.0412. The Morgan fingerprint density at radius 2 is 1.36 bits per heavy atom. The smallest absolute Gasteiger partial charge is 0.410 e. The van der Waals surface area contributed by atoms with Crippen molar-refractivity contribution < 1.29 is 72.4 Å². The summed E-state index contributed by atoms with van der Waals surface area (Å²) >= 11 is 0. The van der Waals surface area contributed by atoms with Gasteiger partial charge in [0, 0.05) is 59.9 Å². The summed E-state index contributed by atoms with van der Waals surface area (Å²) in [5.41, 5.74) is 6.71. The van der Waals surface area contributed by atoms with Gasteiger partial charge < -0.3 is 71.9 Å². The SMILES string of the molecule is CCC(C)C(C(CC(=O)N1CCCC1C(OC)C(C)C(=O)NC(C)C(O)c1ccccc1)OC)N(C)C(=O)C(NC(=O)C(C(C)C)N(C)C(=O)OCc1ccc(NC(=O)C(CCCNC(N)=O)NC(=O)C(NC(=O)CCCC(=O)O)C(C)C)cc1)C(C)C. The molecule has 12 atom stereocenters. The van der Waals surface area contributed by atoms with E-state index in [9.17, 15) is 53.1 Å². The number of ether oxygens (including phenoxy) is 3. The topological polar surface area (TPSA) is 347 Å². The third-order valence-corrected chi connectivity index (χ3v) is 16.3. The molecular formula is C63H100N10O15. The van der Waals surface area contributed by atoms with Crippen LogP contribution in [0.2, 0.25) is 0 Å². The number of urea groups is 1. The molecule has 1 aliphatic heterocycles. The van der Waals surface area contributed by atoms with Crippen molar-refractivity contribution in [2.75, 3.05) is 46.7 Å². The van der Waals surface area contributed by atoms with Gasteiger partial charge in [-0.3, -0.25) is 43.3 Å². The maximum Gasteiger partial charge on any atom is 0.410 e. The minimum atomic E-state index is -1.13. The summed E-state index contributed by atoms with van der Waals surface area (Å²) < 4.78 is 17.7. The fraction of sp³-hybridized carbons (Fsp3) is 0.651. The molecule has 0 saturated carbocycles. The van der Waals surface area contributed by atoms with E-state index >= 15 is 0 Å². The number of likely N-dealkylation sites (N-methyl/N-ethyl adjacent to an activating group) is 2. The number of primary amides is 1. The second kappa shape index (κ2) is 36.8. The van der Waals surface area contributed by atoms with Crippen LogP contribution in [0.25, 0.3) is 0 Å². The number of hydrogen-bond acceptors (Lipinski definition) is 14. The highest BCUT2D eigenvalue weighted by Crippen LogP contribution is 2.30. The molecule has 0 aromatic heterocycles. The monoisotopic (exact) mass is 1240 g/mol. The van der Waals surface area contributed by atoms with Gasteiger partial charge >= 0.3 is 18.1 Å². The summed E-state index contributed by atoms with van der Waals surface area (Å²) in [5, 5.41) is 36.3. The summed E-state index contributed by atoms with van der Waals surface area (Å²) in [5.74, 6) is -6.55. The van der Waals surface area contributed by atoms with Gasteiger partial charge in [0.2, 0.25) is 41.4 Å². The number of carbonyl (C=O) groups excluding carboxylic acids is 9. The number of benzene rings is 2. The van der Waals surface area contributed by atoms with E-state index < -0.39 is 132 Å². The standard InChI is InChI=1S/C63H100N10O15/c1-15-39(8)54(47(86-13)34-49(75)73-33-21-25-46(73)56(87-14)40(9)57(79)66-41(10)55(78)43-22-17-16-18-23-43)71(11)61(83)52(37(4)5)70-60(82)53(38(6)7)72(12)63(85)88-35-42-28-30-44(31-29-42)67-58(80)45(24-20-32-65-62(64)84)68-59(81)51(36(2)3)69-48(74)26-19-27-50(76)77/h16-18,22-23,28-31,36-41,45-47,51-56,78H,15,19-21,24-27,32-35H2,1-14H3,(H,66,79)(H,67,80)(H,68,81)(H,69,74)(H,70,82)(H,76,77)(H3,64,65,84). The summed E-state index contributed by atoms with van der Waals surface area (Å²) in [6.45, 7) is 18.2. The number of carboxylic acids is 1. The van der Waals surface area contributed by atoms with Crippen molar-refractivity contribution in [1.82, 2.24) is 41.3 Å². The number of aliphatic hydroxyl groups is 1. The minimum Gasteiger partial charge on any atom is -0.481 e.